The Balaban J connectivity index is 1.66. The molecule has 0 aliphatic heterocycles. The van der Waals surface area contributed by atoms with Gasteiger partial charge in [-0.25, -0.2) is 9.67 Å². The van der Waals surface area contributed by atoms with E-state index in [2.05, 4.69) is 16.0 Å². The monoisotopic (exact) mass is 405 g/mol. The molecule has 0 fully saturated rings. The smallest absolute Gasteiger partial charge is 0.135 e. The van der Waals surface area contributed by atoms with Gasteiger partial charge in [-0.1, -0.05) is 30.3 Å². The van der Waals surface area contributed by atoms with Crippen LogP contribution in [0.3, 0.4) is 0 Å². The molecule has 0 bridgehead atoms. The van der Waals surface area contributed by atoms with Crippen LogP contribution < -0.4 is 0 Å². The van der Waals surface area contributed by atoms with E-state index in [1.807, 2.05) is 83.7 Å². The highest BCUT2D eigenvalue weighted by Gasteiger charge is 2.14. The number of fused-ring (bicyclic) bond motifs is 1. The van der Waals surface area contributed by atoms with Crippen LogP contribution in [0.4, 0.5) is 0 Å². The molecule has 2 aromatic carbocycles. The van der Waals surface area contributed by atoms with E-state index in [0.29, 0.717) is 10.6 Å². The van der Waals surface area contributed by atoms with Crippen molar-refractivity contribution in [3.63, 3.8) is 0 Å². The van der Waals surface area contributed by atoms with Crippen LogP contribution in [-0.4, -0.2) is 19.7 Å². The quantitative estimate of drug-likeness (QED) is 0.365. The van der Waals surface area contributed by atoms with Crippen molar-refractivity contribution in [2.75, 3.05) is 0 Å². The van der Waals surface area contributed by atoms with E-state index in [9.17, 15) is 5.26 Å². The molecule has 5 nitrogen and oxygen atoms in total. The van der Waals surface area contributed by atoms with Crippen molar-refractivity contribution in [2.24, 2.45) is 0 Å². The largest absolute Gasteiger partial charge is 0.265 e. The first kappa shape index (κ1) is 18.0. The van der Waals surface area contributed by atoms with E-state index in [4.69, 9.17) is 5.10 Å². The van der Waals surface area contributed by atoms with E-state index < -0.39 is 0 Å². The summed E-state index contributed by atoms with van der Waals surface area (Å²) >= 11 is 1.51. The summed E-state index contributed by atoms with van der Waals surface area (Å²) in [6.45, 7) is 0. The predicted octanol–water partition coefficient (Wildman–Crippen LogP) is 5.61. The first-order chi connectivity index (χ1) is 14.8. The lowest BCUT2D eigenvalue weighted by molar-refractivity contribution is 0.884. The fourth-order valence-electron chi connectivity index (χ4n) is 3.22. The summed E-state index contributed by atoms with van der Waals surface area (Å²) in [7, 11) is 0. The van der Waals surface area contributed by atoms with E-state index in [1.165, 1.54) is 11.3 Å². The molecule has 0 amide bonds. The zero-order valence-corrected chi connectivity index (χ0v) is 16.6. The fourth-order valence-corrected chi connectivity index (χ4v) is 4.16. The Kier molecular flexibility index (Phi) is 4.64. The highest BCUT2D eigenvalue weighted by atomic mass is 32.1. The summed E-state index contributed by atoms with van der Waals surface area (Å²) in [6.07, 6.45) is 7.28. The average molecular weight is 405 g/mol. The zero-order chi connectivity index (χ0) is 20.3. The first-order valence-corrected chi connectivity index (χ1v) is 10.2. The molecule has 0 aliphatic rings. The topological polar surface area (TPSA) is 67.4 Å². The number of benzene rings is 2. The number of pyridine rings is 1. The number of para-hydroxylation sites is 2. The molecule has 142 valence electrons. The third kappa shape index (κ3) is 3.39. The molecule has 30 heavy (non-hydrogen) atoms. The summed E-state index contributed by atoms with van der Waals surface area (Å²) in [5.74, 6) is 0. The van der Waals surface area contributed by atoms with E-state index in [-0.39, 0.29) is 0 Å². The third-order valence-corrected chi connectivity index (χ3v) is 5.73. The lowest BCUT2D eigenvalue weighted by atomic mass is 10.1. The fraction of sp³-hybridized carbons (Fsp3) is 0. The molecule has 6 heteroatoms. The van der Waals surface area contributed by atoms with Crippen LogP contribution in [-0.2, 0) is 0 Å². The van der Waals surface area contributed by atoms with Crippen LogP contribution in [0.15, 0.2) is 85.3 Å². The molecule has 0 N–H and O–H groups in total. The second-order valence-corrected chi connectivity index (χ2v) is 7.64. The van der Waals surface area contributed by atoms with Gasteiger partial charge in [0.15, 0.2) is 0 Å². The molecule has 0 aliphatic carbocycles. The summed E-state index contributed by atoms with van der Waals surface area (Å²) in [5, 5.41) is 15.4. The lowest BCUT2D eigenvalue weighted by Gasteiger charge is -2.00. The van der Waals surface area contributed by atoms with Crippen LogP contribution in [0, 0.1) is 11.3 Å². The van der Waals surface area contributed by atoms with Crippen LogP contribution in [0.1, 0.15) is 10.6 Å². The molecule has 0 radical (unpaired) electrons. The van der Waals surface area contributed by atoms with E-state index in [1.54, 1.807) is 12.4 Å². The molecule has 3 heterocycles. The van der Waals surface area contributed by atoms with Crippen molar-refractivity contribution in [1.29, 1.82) is 5.26 Å². The second-order valence-electron chi connectivity index (χ2n) is 6.61. The van der Waals surface area contributed by atoms with Crippen LogP contribution in [0.2, 0.25) is 0 Å². The van der Waals surface area contributed by atoms with Gasteiger partial charge in [-0.2, -0.15) is 10.4 Å². The minimum atomic E-state index is 0.513. The molecular weight excluding hydrogens is 390 g/mol. The highest BCUT2D eigenvalue weighted by molar-refractivity contribution is 7.19. The van der Waals surface area contributed by atoms with Gasteiger partial charge in [-0.05, 0) is 42.5 Å². The number of hydrogen-bond acceptors (Lipinski definition) is 5. The Hall–Kier alpha value is -4.08. The highest BCUT2D eigenvalue weighted by Crippen LogP contribution is 2.31. The maximum Gasteiger partial charge on any atom is 0.135 e. The Morgan fingerprint density at radius 1 is 0.967 bits per heavy atom. The van der Waals surface area contributed by atoms with Crippen molar-refractivity contribution < 1.29 is 0 Å². The van der Waals surface area contributed by atoms with Gasteiger partial charge in [0.2, 0.25) is 0 Å². The average Bonchev–Trinajstić information content (AvgIpc) is 3.43. The summed E-state index contributed by atoms with van der Waals surface area (Å²) < 4.78 is 2.89. The van der Waals surface area contributed by atoms with E-state index >= 15 is 0 Å². The first-order valence-electron chi connectivity index (χ1n) is 9.35. The maximum absolute atomic E-state index is 9.86. The van der Waals surface area contributed by atoms with Crippen molar-refractivity contribution in [3.05, 3.63) is 95.9 Å². The summed E-state index contributed by atoms with van der Waals surface area (Å²) in [5.41, 5.74) is 4.93. The standard InChI is InChI=1S/C24H15N5S/c25-15-18(24-27-21-8-4-5-9-22(21)30-24)14-19-16-29(20-6-2-1-3-7-20)28-23(19)17-10-12-26-13-11-17/h1-14,16H. The number of allylic oxidation sites excluding steroid dienone is 1. The normalized spacial score (nSPS) is 11.5. The molecule has 0 saturated carbocycles. The Morgan fingerprint density at radius 2 is 1.73 bits per heavy atom. The SMILES string of the molecule is N#CC(=Cc1cn(-c2ccccc2)nc1-c1ccncc1)c1nc2ccccc2s1. The number of thiazole rings is 1. The van der Waals surface area contributed by atoms with Gasteiger partial charge in [-0.3, -0.25) is 4.98 Å². The van der Waals surface area contributed by atoms with Gasteiger partial charge < -0.3 is 0 Å². The van der Waals surface area contributed by atoms with E-state index in [0.717, 1.165) is 32.7 Å². The number of nitriles is 1. The Bertz CT molecular complexity index is 1360. The maximum atomic E-state index is 9.86. The van der Waals surface area contributed by atoms with Crippen molar-refractivity contribution in [1.82, 2.24) is 19.7 Å². The van der Waals surface area contributed by atoms with Crippen molar-refractivity contribution >= 4 is 33.2 Å². The molecule has 5 aromatic rings. The second kappa shape index (κ2) is 7.74. The van der Waals surface area contributed by atoms with Gasteiger partial charge in [0.25, 0.3) is 0 Å². The number of nitrogens with zero attached hydrogens (tertiary/aromatic N) is 5. The van der Waals surface area contributed by atoms with Crippen molar-refractivity contribution in [2.45, 2.75) is 0 Å². The molecule has 3 aromatic heterocycles. The third-order valence-electron chi connectivity index (χ3n) is 4.66. The minimum Gasteiger partial charge on any atom is -0.265 e. The summed E-state index contributed by atoms with van der Waals surface area (Å²) in [4.78, 5) is 8.74. The number of rotatable bonds is 4. The van der Waals surface area contributed by atoms with Gasteiger partial charge >= 0.3 is 0 Å². The molecule has 0 atom stereocenters. The minimum absolute atomic E-state index is 0.513. The zero-order valence-electron chi connectivity index (χ0n) is 15.8. The van der Waals surface area contributed by atoms with Crippen LogP contribution in [0.5, 0.6) is 0 Å². The van der Waals surface area contributed by atoms with Gasteiger partial charge in [-0.15, -0.1) is 11.3 Å². The number of hydrogen-bond donors (Lipinski definition) is 0. The Morgan fingerprint density at radius 3 is 2.50 bits per heavy atom. The molecule has 0 spiro atoms. The molecular formula is C24H15N5S. The van der Waals surface area contributed by atoms with Crippen LogP contribution in [0.25, 0.3) is 38.8 Å². The Labute approximate surface area is 177 Å². The molecule has 0 saturated heterocycles. The number of aromatic nitrogens is 4. The lowest BCUT2D eigenvalue weighted by Crippen LogP contribution is -1.93. The van der Waals surface area contributed by atoms with Gasteiger partial charge in [0.1, 0.15) is 16.8 Å². The summed E-state index contributed by atoms with van der Waals surface area (Å²) in [6, 6.07) is 24.0. The van der Waals surface area contributed by atoms with Crippen molar-refractivity contribution in [3.8, 4) is 23.0 Å². The van der Waals surface area contributed by atoms with Crippen LogP contribution >= 0.6 is 11.3 Å². The molecule has 0 unspecified atom stereocenters. The molecule has 5 rings (SSSR count). The van der Waals surface area contributed by atoms with Gasteiger partial charge in [0, 0.05) is 29.7 Å². The predicted molar refractivity (Wildman–Crippen MR) is 120 cm³/mol. The van der Waals surface area contributed by atoms with Gasteiger partial charge in [0.05, 0.1) is 21.5 Å².